The van der Waals surface area contributed by atoms with Gasteiger partial charge in [0.2, 0.25) is 11.8 Å². The summed E-state index contributed by atoms with van der Waals surface area (Å²) in [6.07, 6.45) is 0.969. The minimum Gasteiger partial charge on any atom is -0.494 e. The van der Waals surface area contributed by atoms with Crippen LogP contribution in [-0.2, 0) is 19.1 Å². The second-order valence-electron chi connectivity index (χ2n) is 5.76. The molecule has 0 bridgehead atoms. The van der Waals surface area contributed by atoms with E-state index in [1.165, 1.54) is 11.8 Å². The molecule has 1 aromatic rings. The second-order valence-corrected chi connectivity index (χ2v) is 7.00. The van der Waals surface area contributed by atoms with Crippen molar-refractivity contribution in [2.75, 3.05) is 24.3 Å². The Bertz CT molecular complexity index is 635. The SMILES string of the molecule is CCCOc1ccc(NC(=O)C[C@H]2SC[C@@H](C(=O)OCC)NC2=O)cc1. The zero-order valence-electron chi connectivity index (χ0n) is 14.9. The summed E-state index contributed by atoms with van der Waals surface area (Å²) in [5.74, 6) is 0.123. The van der Waals surface area contributed by atoms with Crippen LogP contribution >= 0.6 is 11.8 Å². The summed E-state index contributed by atoms with van der Waals surface area (Å²) < 4.78 is 10.4. The van der Waals surface area contributed by atoms with Crippen molar-refractivity contribution in [2.45, 2.75) is 38.0 Å². The largest absolute Gasteiger partial charge is 0.494 e. The Labute approximate surface area is 157 Å². The lowest BCUT2D eigenvalue weighted by Crippen LogP contribution is -2.51. The van der Waals surface area contributed by atoms with Crippen molar-refractivity contribution in [3.8, 4) is 5.75 Å². The van der Waals surface area contributed by atoms with E-state index in [-0.39, 0.29) is 24.8 Å². The van der Waals surface area contributed by atoms with Crippen LogP contribution in [0.25, 0.3) is 0 Å². The molecule has 1 aliphatic rings. The summed E-state index contributed by atoms with van der Waals surface area (Å²) in [5, 5.41) is 4.86. The molecule has 2 rings (SSSR count). The molecule has 0 unspecified atom stereocenters. The van der Waals surface area contributed by atoms with E-state index in [2.05, 4.69) is 10.6 Å². The van der Waals surface area contributed by atoms with Crippen molar-refractivity contribution in [3.05, 3.63) is 24.3 Å². The van der Waals surface area contributed by atoms with Crippen LogP contribution in [0, 0.1) is 0 Å². The molecule has 0 aliphatic carbocycles. The molecule has 2 N–H and O–H groups in total. The van der Waals surface area contributed by atoms with Gasteiger partial charge in [0, 0.05) is 17.9 Å². The van der Waals surface area contributed by atoms with Gasteiger partial charge in [0.15, 0.2) is 0 Å². The molecule has 1 aromatic carbocycles. The summed E-state index contributed by atoms with van der Waals surface area (Å²) in [7, 11) is 0. The first-order chi connectivity index (χ1) is 12.5. The van der Waals surface area contributed by atoms with E-state index < -0.39 is 17.3 Å². The van der Waals surface area contributed by atoms with Gasteiger partial charge in [0.25, 0.3) is 0 Å². The number of amides is 2. The molecule has 8 heteroatoms. The fourth-order valence-corrected chi connectivity index (χ4v) is 3.48. The van der Waals surface area contributed by atoms with Crippen LogP contribution in [0.3, 0.4) is 0 Å². The van der Waals surface area contributed by atoms with Gasteiger partial charge in [0.05, 0.1) is 18.5 Å². The maximum Gasteiger partial charge on any atom is 0.329 e. The number of hydrogen-bond acceptors (Lipinski definition) is 6. The highest BCUT2D eigenvalue weighted by Gasteiger charge is 2.34. The molecule has 0 radical (unpaired) electrons. The Balaban J connectivity index is 1.81. The Morgan fingerprint density at radius 3 is 2.62 bits per heavy atom. The van der Waals surface area contributed by atoms with E-state index in [4.69, 9.17) is 9.47 Å². The van der Waals surface area contributed by atoms with Gasteiger partial charge in [0.1, 0.15) is 11.8 Å². The highest BCUT2D eigenvalue weighted by atomic mass is 32.2. The number of carbonyl (C=O) groups is 3. The third-order valence-electron chi connectivity index (χ3n) is 3.63. The predicted molar refractivity (Wildman–Crippen MR) is 100 cm³/mol. The lowest BCUT2D eigenvalue weighted by Gasteiger charge is -2.27. The number of rotatable bonds is 8. The quantitative estimate of drug-likeness (QED) is 0.670. The molecule has 2 amide bonds. The minimum atomic E-state index is -0.651. The van der Waals surface area contributed by atoms with Crippen LogP contribution in [0.4, 0.5) is 5.69 Å². The Morgan fingerprint density at radius 1 is 1.27 bits per heavy atom. The molecular formula is C18H24N2O5S. The molecule has 26 heavy (non-hydrogen) atoms. The van der Waals surface area contributed by atoms with Gasteiger partial charge in [-0.2, -0.15) is 0 Å². The van der Waals surface area contributed by atoms with E-state index in [1.807, 2.05) is 6.92 Å². The van der Waals surface area contributed by atoms with Crippen LogP contribution < -0.4 is 15.4 Å². The molecule has 142 valence electrons. The first kappa shape index (κ1) is 20.1. The normalized spacial score (nSPS) is 19.4. The van der Waals surface area contributed by atoms with E-state index in [1.54, 1.807) is 31.2 Å². The number of thioether (sulfide) groups is 1. The first-order valence-corrected chi connectivity index (χ1v) is 9.69. The topological polar surface area (TPSA) is 93.7 Å². The molecule has 1 fully saturated rings. The number of ether oxygens (including phenoxy) is 2. The van der Waals surface area contributed by atoms with Gasteiger partial charge < -0.3 is 20.1 Å². The Morgan fingerprint density at radius 2 is 2.00 bits per heavy atom. The van der Waals surface area contributed by atoms with Crippen LogP contribution in [0.15, 0.2) is 24.3 Å². The van der Waals surface area contributed by atoms with Crippen LogP contribution in [0.5, 0.6) is 5.75 Å². The van der Waals surface area contributed by atoms with Crippen molar-refractivity contribution in [1.29, 1.82) is 0 Å². The van der Waals surface area contributed by atoms with Crippen molar-refractivity contribution < 1.29 is 23.9 Å². The Kier molecular flexibility index (Phi) is 7.77. The van der Waals surface area contributed by atoms with Gasteiger partial charge in [-0.1, -0.05) is 6.92 Å². The number of nitrogens with one attached hydrogen (secondary N) is 2. The van der Waals surface area contributed by atoms with E-state index in [0.29, 0.717) is 18.0 Å². The number of carbonyl (C=O) groups excluding carboxylic acids is 3. The van der Waals surface area contributed by atoms with Gasteiger partial charge in [-0.25, -0.2) is 4.79 Å². The highest BCUT2D eigenvalue weighted by molar-refractivity contribution is 8.00. The average molecular weight is 380 g/mol. The molecule has 1 heterocycles. The van der Waals surface area contributed by atoms with Gasteiger partial charge in [-0.05, 0) is 37.6 Å². The van der Waals surface area contributed by atoms with Crippen LogP contribution in [0.1, 0.15) is 26.7 Å². The number of esters is 1. The molecule has 0 saturated carbocycles. The van der Waals surface area contributed by atoms with E-state index >= 15 is 0 Å². The third kappa shape index (κ3) is 5.94. The van der Waals surface area contributed by atoms with Crippen molar-refractivity contribution >= 4 is 35.2 Å². The summed E-state index contributed by atoms with van der Waals surface area (Å²) in [4.78, 5) is 36.0. The van der Waals surface area contributed by atoms with Gasteiger partial charge in [-0.3, -0.25) is 9.59 Å². The Hall–Kier alpha value is -2.22. The number of anilines is 1. The third-order valence-corrected chi connectivity index (χ3v) is 4.93. The lowest BCUT2D eigenvalue weighted by molar-refractivity contribution is -0.146. The minimum absolute atomic E-state index is 0.0418. The number of benzene rings is 1. The highest BCUT2D eigenvalue weighted by Crippen LogP contribution is 2.23. The number of hydrogen-bond donors (Lipinski definition) is 2. The van der Waals surface area contributed by atoms with Crippen molar-refractivity contribution in [1.82, 2.24) is 5.32 Å². The van der Waals surface area contributed by atoms with Crippen LogP contribution in [0.2, 0.25) is 0 Å². The van der Waals surface area contributed by atoms with Crippen molar-refractivity contribution in [2.24, 2.45) is 0 Å². The van der Waals surface area contributed by atoms with Gasteiger partial charge >= 0.3 is 5.97 Å². The smallest absolute Gasteiger partial charge is 0.329 e. The summed E-state index contributed by atoms with van der Waals surface area (Å²) in [6, 6.07) is 6.44. The predicted octanol–water partition coefficient (Wildman–Crippen LogP) is 1.97. The monoisotopic (exact) mass is 380 g/mol. The van der Waals surface area contributed by atoms with Crippen LogP contribution in [-0.4, -0.2) is 48.0 Å². The summed E-state index contributed by atoms with van der Waals surface area (Å²) >= 11 is 1.29. The summed E-state index contributed by atoms with van der Waals surface area (Å²) in [6.45, 7) is 4.66. The lowest BCUT2D eigenvalue weighted by atomic mass is 10.2. The molecule has 0 spiro atoms. The standard InChI is InChI=1S/C18H24N2O5S/c1-3-9-25-13-7-5-12(6-8-13)19-16(21)10-15-17(22)20-14(11-26-15)18(23)24-4-2/h5-8,14-15H,3-4,9-11H2,1-2H3,(H,19,21)(H,20,22)/t14-,15+/m0/s1. The molecule has 1 aliphatic heterocycles. The van der Waals surface area contributed by atoms with E-state index in [0.717, 1.165) is 12.2 Å². The fourth-order valence-electron chi connectivity index (χ4n) is 2.35. The van der Waals surface area contributed by atoms with E-state index in [9.17, 15) is 14.4 Å². The van der Waals surface area contributed by atoms with Crippen molar-refractivity contribution in [3.63, 3.8) is 0 Å². The molecule has 1 saturated heterocycles. The molecular weight excluding hydrogens is 356 g/mol. The molecule has 7 nitrogen and oxygen atoms in total. The zero-order chi connectivity index (χ0) is 18.9. The molecule has 0 aromatic heterocycles. The summed E-state index contributed by atoms with van der Waals surface area (Å²) in [5.41, 5.74) is 0.643. The first-order valence-electron chi connectivity index (χ1n) is 8.64. The average Bonchev–Trinajstić information content (AvgIpc) is 2.63. The molecule has 2 atom stereocenters. The van der Waals surface area contributed by atoms with Gasteiger partial charge in [-0.15, -0.1) is 11.8 Å². The maximum absolute atomic E-state index is 12.2. The zero-order valence-corrected chi connectivity index (χ0v) is 15.8. The second kappa shape index (κ2) is 10.1. The maximum atomic E-state index is 12.2. The fraction of sp³-hybridized carbons (Fsp3) is 0.500.